The largest absolute Gasteiger partial charge is 0.508 e. The van der Waals surface area contributed by atoms with Crippen molar-refractivity contribution in [1.29, 1.82) is 0 Å². The predicted molar refractivity (Wildman–Crippen MR) is 65.0 cm³/mol. The summed E-state index contributed by atoms with van der Waals surface area (Å²) in [7, 11) is 0. The smallest absolute Gasteiger partial charge is 0.120 e. The number of hydrogen-bond acceptors (Lipinski definition) is 2. The maximum Gasteiger partial charge on any atom is 0.120 e. The molecular weight excluding hydrogens is 254 g/mol. The van der Waals surface area contributed by atoms with Gasteiger partial charge in [0.15, 0.2) is 0 Å². The van der Waals surface area contributed by atoms with Crippen molar-refractivity contribution in [1.82, 2.24) is 5.32 Å². The van der Waals surface area contributed by atoms with E-state index in [1.807, 2.05) is 12.1 Å². The molecule has 0 bridgehead atoms. The Morgan fingerprint density at radius 2 is 2.27 bits per heavy atom. The molecule has 0 aromatic heterocycles. The maximum absolute atomic E-state index is 9.81. The first-order valence-corrected chi connectivity index (χ1v) is 6.24. The first-order valence-electron chi connectivity index (χ1n) is 5.45. The molecular formula is C12H16BrNO. The second kappa shape index (κ2) is 4.54. The van der Waals surface area contributed by atoms with Gasteiger partial charge in [-0.25, -0.2) is 0 Å². The Balaban J connectivity index is 2.19. The van der Waals surface area contributed by atoms with Crippen molar-refractivity contribution >= 4 is 15.9 Å². The van der Waals surface area contributed by atoms with Crippen LogP contribution >= 0.6 is 15.9 Å². The molecule has 1 aliphatic carbocycles. The monoisotopic (exact) mass is 269 g/mol. The van der Waals surface area contributed by atoms with E-state index in [9.17, 15) is 5.11 Å². The third kappa shape index (κ3) is 2.73. The van der Waals surface area contributed by atoms with Crippen LogP contribution in [0, 0.1) is 0 Å². The molecule has 1 saturated carbocycles. The number of benzene rings is 1. The third-order valence-electron chi connectivity index (χ3n) is 2.79. The van der Waals surface area contributed by atoms with Crippen molar-refractivity contribution in [2.24, 2.45) is 0 Å². The molecule has 1 aliphatic rings. The standard InChI is InChI=1S/C12H16BrNO/c1-2-11(14-9-4-5-9)10-7-8(13)3-6-12(10)15/h3,6-7,9,11,14-15H,2,4-5H2,1H3. The van der Waals surface area contributed by atoms with Gasteiger partial charge in [0.25, 0.3) is 0 Å². The number of aromatic hydroxyl groups is 1. The number of phenolic OH excluding ortho intramolecular Hbond substituents is 1. The van der Waals surface area contributed by atoms with E-state index in [2.05, 4.69) is 28.2 Å². The van der Waals surface area contributed by atoms with Gasteiger partial charge in [-0.3, -0.25) is 0 Å². The van der Waals surface area contributed by atoms with Crippen LogP contribution in [0.4, 0.5) is 0 Å². The lowest BCUT2D eigenvalue weighted by Gasteiger charge is -2.18. The summed E-state index contributed by atoms with van der Waals surface area (Å²) in [6.45, 7) is 2.14. The molecule has 0 aliphatic heterocycles. The fourth-order valence-electron chi connectivity index (χ4n) is 1.77. The second-order valence-electron chi connectivity index (χ2n) is 4.10. The molecule has 0 amide bonds. The van der Waals surface area contributed by atoms with Gasteiger partial charge >= 0.3 is 0 Å². The highest BCUT2D eigenvalue weighted by Gasteiger charge is 2.25. The summed E-state index contributed by atoms with van der Waals surface area (Å²) in [5, 5.41) is 13.4. The molecule has 15 heavy (non-hydrogen) atoms. The Hall–Kier alpha value is -0.540. The number of nitrogens with one attached hydrogen (secondary N) is 1. The van der Waals surface area contributed by atoms with E-state index in [-0.39, 0.29) is 6.04 Å². The summed E-state index contributed by atoms with van der Waals surface area (Å²) in [6.07, 6.45) is 3.54. The van der Waals surface area contributed by atoms with Crippen LogP contribution in [-0.2, 0) is 0 Å². The predicted octanol–water partition coefficient (Wildman–Crippen LogP) is 3.36. The molecule has 2 rings (SSSR count). The summed E-state index contributed by atoms with van der Waals surface area (Å²) < 4.78 is 1.02. The SMILES string of the molecule is CCC(NC1CC1)c1cc(Br)ccc1O. The molecule has 0 radical (unpaired) electrons. The Morgan fingerprint density at radius 1 is 1.53 bits per heavy atom. The van der Waals surface area contributed by atoms with Gasteiger partial charge in [0.1, 0.15) is 5.75 Å². The highest BCUT2D eigenvalue weighted by Crippen LogP contribution is 2.32. The Morgan fingerprint density at radius 3 is 2.87 bits per heavy atom. The van der Waals surface area contributed by atoms with Crippen molar-refractivity contribution in [2.45, 2.75) is 38.3 Å². The van der Waals surface area contributed by atoms with E-state index in [0.717, 1.165) is 16.5 Å². The summed E-state index contributed by atoms with van der Waals surface area (Å²) in [5.41, 5.74) is 0.999. The molecule has 0 spiro atoms. The first kappa shape index (κ1) is 11.0. The van der Waals surface area contributed by atoms with Crippen molar-refractivity contribution in [3.63, 3.8) is 0 Å². The molecule has 1 fully saturated rings. The van der Waals surface area contributed by atoms with Crippen molar-refractivity contribution in [3.8, 4) is 5.75 Å². The lowest BCUT2D eigenvalue weighted by Crippen LogP contribution is -2.22. The van der Waals surface area contributed by atoms with E-state index in [4.69, 9.17) is 0 Å². The highest BCUT2D eigenvalue weighted by atomic mass is 79.9. The van der Waals surface area contributed by atoms with Gasteiger partial charge in [-0.05, 0) is 37.5 Å². The second-order valence-corrected chi connectivity index (χ2v) is 5.02. The average molecular weight is 270 g/mol. The van der Waals surface area contributed by atoms with E-state index in [1.165, 1.54) is 12.8 Å². The van der Waals surface area contributed by atoms with Gasteiger partial charge in [-0.1, -0.05) is 22.9 Å². The van der Waals surface area contributed by atoms with Crippen LogP contribution in [0.15, 0.2) is 22.7 Å². The zero-order chi connectivity index (χ0) is 10.8. The zero-order valence-electron chi connectivity index (χ0n) is 8.83. The van der Waals surface area contributed by atoms with Crippen molar-refractivity contribution in [2.75, 3.05) is 0 Å². The van der Waals surface area contributed by atoms with Crippen LogP contribution in [-0.4, -0.2) is 11.1 Å². The summed E-state index contributed by atoms with van der Waals surface area (Å²) in [6, 6.07) is 6.54. The Bertz CT molecular complexity index is 349. The van der Waals surface area contributed by atoms with Crippen LogP contribution in [0.25, 0.3) is 0 Å². The van der Waals surface area contributed by atoms with Gasteiger partial charge in [0.05, 0.1) is 0 Å². The molecule has 3 heteroatoms. The van der Waals surface area contributed by atoms with Crippen LogP contribution in [0.5, 0.6) is 5.75 Å². The Kier molecular flexibility index (Phi) is 3.32. The molecule has 2 N–H and O–H groups in total. The van der Waals surface area contributed by atoms with Crippen LogP contribution in [0.2, 0.25) is 0 Å². The molecule has 0 saturated heterocycles. The lowest BCUT2D eigenvalue weighted by molar-refractivity contribution is 0.440. The van der Waals surface area contributed by atoms with E-state index in [0.29, 0.717) is 11.8 Å². The van der Waals surface area contributed by atoms with Crippen LogP contribution in [0.1, 0.15) is 37.8 Å². The van der Waals surface area contributed by atoms with Gasteiger partial charge < -0.3 is 10.4 Å². The van der Waals surface area contributed by atoms with Gasteiger partial charge in [-0.2, -0.15) is 0 Å². The fraction of sp³-hybridized carbons (Fsp3) is 0.500. The minimum absolute atomic E-state index is 0.273. The van der Waals surface area contributed by atoms with Crippen molar-refractivity contribution < 1.29 is 5.11 Å². The summed E-state index contributed by atoms with van der Waals surface area (Å²) in [4.78, 5) is 0. The minimum Gasteiger partial charge on any atom is -0.508 e. The number of rotatable bonds is 4. The zero-order valence-corrected chi connectivity index (χ0v) is 10.4. The van der Waals surface area contributed by atoms with Crippen LogP contribution < -0.4 is 5.32 Å². The Labute approximate surface area is 98.8 Å². The molecule has 1 aromatic rings. The molecule has 1 aromatic carbocycles. The maximum atomic E-state index is 9.81. The van der Waals surface area contributed by atoms with E-state index >= 15 is 0 Å². The van der Waals surface area contributed by atoms with Gasteiger partial charge in [0, 0.05) is 22.1 Å². The third-order valence-corrected chi connectivity index (χ3v) is 3.28. The molecule has 1 unspecified atom stereocenters. The first-order chi connectivity index (χ1) is 7.20. The molecule has 2 nitrogen and oxygen atoms in total. The fourth-order valence-corrected chi connectivity index (χ4v) is 2.15. The topological polar surface area (TPSA) is 32.3 Å². The normalized spacial score (nSPS) is 17.7. The minimum atomic E-state index is 0.273. The van der Waals surface area contributed by atoms with Gasteiger partial charge in [-0.15, -0.1) is 0 Å². The number of phenols is 1. The molecule has 1 atom stereocenters. The highest BCUT2D eigenvalue weighted by molar-refractivity contribution is 9.10. The van der Waals surface area contributed by atoms with E-state index in [1.54, 1.807) is 6.07 Å². The molecule has 0 heterocycles. The lowest BCUT2D eigenvalue weighted by atomic mass is 10.0. The summed E-state index contributed by atoms with van der Waals surface area (Å²) in [5.74, 6) is 0.387. The average Bonchev–Trinajstić information content (AvgIpc) is 3.02. The quantitative estimate of drug-likeness (QED) is 0.879. The number of halogens is 1. The summed E-state index contributed by atoms with van der Waals surface area (Å²) >= 11 is 3.44. The van der Waals surface area contributed by atoms with Gasteiger partial charge in [0.2, 0.25) is 0 Å². The number of hydrogen-bond donors (Lipinski definition) is 2. The van der Waals surface area contributed by atoms with Crippen molar-refractivity contribution in [3.05, 3.63) is 28.2 Å². The van der Waals surface area contributed by atoms with Crippen LogP contribution in [0.3, 0.4) is 0 Å². The van der Waals surface area contributed by atoms with E-state index < -0.39 is 0 Å². The molecule has 82 valence electrons.